The number of carbonyl (C=O) groups is 1. The van der Waals surface area contributed by atoms with Crippen molar-refractivity contribution in [3.8, 4) is 0 Å². The Morgan fingerprint density at radius 2 is 2.33 bits per heavy atom. The first-order chi connectivity index (χ1) is 7.09. The van der Waals surface area contributed by atoms with Crippen LogP contribution in [0.2, 0.25) is 0 Å². The van der Waals surface area contributed by atoms with Crippen LogP contribution in [0, 0.1) is 6.92 Å². The molecule has 2 aromatic rings. The zero-order valence-corrected chi connectivity index (χ0v) is 9.65. The molecule has 0 spiro atoms. The van der Waals surface area contributed by atoms with Crippen LogP contribution in [0.15, 0.2) is 22.8 Å². The number of carboxylic acid groups (broad SMARTS) is 1. The molecule has 0 aliphatic heterocycles. The third-order valence-electron chi connectivity index (χ3n) is 2.19. The number of aromatic nitrogens is 2. The zero-order valence-electron chi connectivity index (χ0n) is 8.07. The molecule has 1 aromatic heterocycles. The van der Waals surface area contributed by atoms with Crippen LogP contribution in [-0.2, 0) is 11.3 Å². The minimum absolute atomic E-state index is 0.130. The van der Waals surface area contributed by atoms with E-state index in [1.807, 2.05) is 25.1 Å². The standard InChI is InChI=1S/C10H9BrN2O2/c1-6-3-2-4-7-9(6)12-13(10(7)11)5-8(14)15/h2-4H,5H2,1H3,(H,14,15). The van der Waals surface area contributed by atoms with Gasteiger partial charge in [-0.2, -0.15) is 5.10 Å². The van der Waals surface area contributed by atoms with Crippen molar-refractivity contribution in [1.82, 2.24) is 9.78 Å². The molecule has 15 heavy (non-hydrogen) atoms. The third-order valence-corrected chi connectivity index (χ3v) is 3.03. The summed E-state index contributed by atoms with van der Waals surface area (Å²) in [7, 11) is 0. The van der Waals surface area contributed by atoms with E-state index in [9.17, 15) is 4.79 Å². The molecule has 2 rings (SSSR count). The highest BCUT2D eigenvalue weighted by Crippen LogP contribution is 2.25. The van der Waals surface area contributed by atoms with Gasteiger partial charge in [-0.05, 0) is 28.4 Å². The van der Waals surface area contributed by atoms with Crippen molar-refractivity contribution >= 4 is 32.8 Å². The van der Waals surface area contributed by atoms with Crippen LogP contribution in [0.5, 0.6) is 0 Å². The number of carboxylic acids is 1. The van der Waals surface area contributed by atoms with E-state index < -0.39 is 5.97 Å². The molecule has 0 bridgehead atoms. The number of fused-ring (bicyclic) bond motifs is 1. The van der Waals surface area contributed by atoms with Gasteiger partial charge in [-0.3, -0.25) is 4.79 Å². The Morgan fingerprint density at radius 1 is 1.60 bits per heavy atom. The van der Waals surface area contributed by atoms with Crippen LogP contribution in [0.1, 0.15) is 5.56 Å². The van der Waals surface area contributed by atoms with E-state index >= 15 is 0 Å². The second-order valence-corrected chi connectivity index (χ2v) is 4.06. The van der Waals surface area contributed by atoms with Gasteiger partial charge in [-0.15, -0.1) is 0 Å². The maximum Gasteiger partial charge on any atom is 0.325 e. The summed E-state index contributed by atoms with van der Waals surface area (Å²) >= 11 is 3.35. The summed E-state index contributed by atoms with van der Waals surface area (Å²) in [6.07, 6.45) is 0. The number of hydrogen-bond donors (Lipinski definition) is 1. The third kappa shape index (κ3) is 1.74. The first-order valence-corrected chi connectivity index (χ1v) is 5.22. The van der Waals surface area contributed by atoms with Gasteiger partial charge in [0, 0.05) is 5.39 Å². The molecule has 0 unspecified atom stereocenters. The molecule has 0 fully saturated rings. The van der Waals surface area contributed by atoms with Crippen molar-refractivity contribution in [3.63, 3.8) is 0 Å². The number of rotatable bonds is 2. The maximum absolute atomic E-state index is 10.6. The minimum atomic E-state index is -0.902. The molecule has 0 radical (unpaired) electrons. The van der Waals surface area contributed by atoms with Gasteiger partial charge in [0.05, 0.1) is 5.52 Å². The largest absolute Gasteiger partial charge is 0.480 e. The van der Waals surface area contributed by atoms with E-state index in [1.54, 1.807) is 0 Å². The highest BCUT2D eigenvalue weighted by molar-refractivity contribution is 9.10. The van der Waals surface area contributed by atoms with E-state index in [0.29, 0.717) is 4.60 Å². The molecule has 5 heteroatoms. The summed E-state index contributed by atoms with van der Waals surface area (Å²) in [5.41, 5.74) is 1.88. The maximum atomic E-state index is 10.6. The summed E-state index contributed by atoms with van der Waals surface area (Å²) in [6.45, 7) is 1.82. The Hall–Kier alpha value is -1.36. The van der Waals surface area contributed by atoms with Crippen molar-refractivity contribution in [3.05, 3.63) is 28.4 Å². The number of aliphatic carboxylic acids is 1. The lowest BCUT2D eigenvalue weighted by atomic mass is 10.2. The molecule has 0 saturated carbocycles. The highest BCUT2D eigenvalue weighted by atomic mass is 79.9. The topological polar surface area (TPSA) is 55.1 Å². The molecule has 0 aliphatic rings. The first-order valence-electron chi connectivity index (χ1n) is 4.43. The van der Waals surface area contributed by atoms with Crippen molar-refractivity contribution < 1.29 is 9.90 Å². The van der Waals surface area contributed by atoms with Crippen LogP contribution in [0.4, 0.5) is 0 Å². The van der Waals surface area contributed by atoms with Gasteiger partial charge in [0.25, 0.3) is 0 Å². The van der Waals surface area contributed by atoms with Gasteiger partial charge in [0.15, 0.2) is 0 Å². The molecule has 4 nitrogen and oxygen atoms in total. The quantitative estimate of drug-likeness (QED) is 0.909. The SMILES string of the molecule is Cc1cccc2c(Br)n(CC(=O)O)nc12. The van der Waals surface area contributed by atoms with Gasteiger partial charge >= 0.3 is 5.97 Å². The Morgan fingerprint density at radius 3 is 2.93 bits per heavy atom. The molecule has 78 valence electrons. The molecule has 1 heterocycles. The van der Waals surface area contributed by atoms with Gasteiger partial charge < -0.3 is 5.11 Å². The summed E-state index contributed by atoms with van der Waals surface area (Å²) in [5, 5.41) is 13.9. The molecule has 0 aliphatic carbocycles. The number of benzene rings is 1. The van der Waals surface area contributed by atoms with Crippen LogP contribution in [0.25, 0.3) is 10.9 Å². The average Bonchev–Trinajstić information content (AvgIpc) is 2.46. The fraction of sp³-hybridized carbons (Fsp3) is 0.200. The predicted octanol–water partition coefficient (Wildman–Crippen LogP) is 2.19. The number of hydrogen-bond acceptors (Lipinski definition) is 2. The van der Waals surface area contributed by atoms with Crippen molar-refractivity contribution in [2.24, 2.45) is 0 Å². The van der Waals surface area contributed by atoms with Crippen LogP contribution >= 0.6 is 15.9 Å². The zero-order chi connectivity index (χ0) is 11.0. The summed E-state index contributed by atoms with van der Waals surface area (Å²) in [6, 6.07) is 5.79. The monoisotopic (exact) mass is 268 g/mol. The van der Waals surface area contributed by atoms with Crippen molar-refractivity contribution in [2.45, 2.75) is 13.5 Å². The molecule has 1 aromatic carbocycles. The van der Waals surface area contributed by atoms with Gasteiger partial charge in [-0.1, -0.05) is 18.2 Å². The predicted molar refractivity (Wildman–Crippen MR) is 59.8 cm³/mol. The first kappa shape index (κ1) is 10.2. The fourth-order valence-corrected chi connectivity index (χ4v) is 2.02. The molecule has 0 saturated heterocycles. The lowest BCUT2D eigenvalue weighted by Gasteiger charge is -1.96. The van der Waals surface area contributed by atoms with Crippen molar-refractivity contribution in [1.29, 1.82) is 0 Å². The normalized spacial score (nSPS) is 10.8. The summed E-state index contributed by atoms with van der Waals surface area (Å²) in [5.74, 6) is -0.902. The molecular formula is C10H9BrN2O2. The fourth-order valence-electron chi connectivity index (χ4n) is 1.49. The van der Waals surface area contributed by atoms with Crippen LogP contribution in [-0.4, -0.2) is 20.9 Å². The summed E-state index contributed by atoms with van der Waals surface area (Å²) < 4.78 is 2.16. The van der Waals surface area contributed by atoms with E-state index in [1.165, 1.54) is 4.68 Å². The van der Waals surface area contributed by atoms with Gasteiger partial charge in [-0.25, -0.2) is 4.68 Å². The minimum Gasteiger partial charge on any atom is -0.480 e. The van der Waals surface area contributed by atoms with E-state index in [0.717, 1.165) is 16.5 Å². The summed E-state index contributed by atoms with van der Waals surface area (Å²) in [4.78, 5) is 10.6. The molecule has 1 N–H and O–H groups in total. The van der Waals surface area contributed by atoms with Gasteiger partial charge in [0.2, 0.25) is 0 Å². The molecule has 0 atom stereocenters. The number of halogens is 1. The molecular weight excluding hydrogens is 260 g/mol. The lowest BCUT2D eigenvalue weighted by molar-refractivity contribution is -0.137. The van der Waals surface area contributed by atoms with Crippen molar-refractivity contribution in [2.75, 3.05) is 0 Å². The highest BCUT2D eigenvalue weighted by Gasteiger charge is 2.11. The Balaban J connectivity index is 2.64. The smallest absolute Gasteiger partial charge is 0.325 e. The van der Waals surface area contributed by atoms with Crippen LogP contribution < -0.4 is 0 Å². The lowest BCUT2D eigenvalue weighted by Crippen LogP contribution is -2.10. The second kappa shape index (κ2) is 3.66. The second-order valence-electron chi connectivity index (χ2n) is 3.31. The van der Waals surface area contributed by atoms with E-state index in [2.05, 4.69) is 21.0 Å². The Bertz CT molecular complexity index is 533. The van der Waals surface area contributed by atoms with E-state index in [4.69, 9.17) is 5.11 Å². The number of nitrogens with zero attached hydrogens (tertiary/aromatic N) is 2. The van der Waals surface area contributed by atoms with E-state index in [-0.39, 0.29) is 6.54 Å². The van der Waals surface area contributed by atoms with Crippen LogP contribution in [0.3, 0.4) is 0 Å². The number of aryl methyl sites for hydroxylation is 1. The Kier molecular flexibility index (Phi) is 2.48. The Labute approximate surface area is 94.6 Å². The average molecular weight is 269 g/mol. The van der Waals surface area contributed by atoms with Gasteiger partial charge in [0.1, 0.15) is 11.1 Å². The molecule has 0 amide bonds.